The summed E-state index contributed by atoms with van der Waals surface area (Å²) in [5, 5.41) is 15.2. The van der Waals surface area contributed by atoms with E-state index >= 15 is 0 Å². The highest BCUT2D eigenvalue weighted by Gasteiger charge is 2.35. The number of quaternary nitrogens is 1. The smallest absolute Gasteiger partial charge is 0.235 e. The molecule has 0 amide bonds. The van der Waals surface area contributed by atoms with Crippen LogP contribution >= 0.6 is 11.3 Å². The minimum absolute atomic E-state index is 0.0808. The molecule has 2 aromatic heterocycles. The number of fused-ring (bicyclic) bond motifs is 1. The molecule has 1 aliphatic rings. The van der Waals surface area contributed by atoms with Crippen LogP contribution in [0.25, 0.3) is 4.96 Å². The van der Waals surface area contributed by atoms with Crippen molar-refractivity contribution in [2.24, 2.45) is 5.92 Å². The molecule has 144 valence electrons. The van der Waals surface area contributed by atoms with Gasteiger partial charge in [-0.3, -0.25) is 0 Å². The molecule has 1 aliphatic heterocycles. The third kappa shape index (κ3) is 3.53. The molecule has 3 atom stereocenters. The normalized spacial score (nSPS) is 21.4. The monoisotopic (exact) mass is 387 g/mol. The Morgan fingerprint density at radius 2 is 2.15 bits per heavy atom. The first-order valence-electron chi connectivity index (χ1n) is 9.69. The molecular formula is C20H27N4O2S+. The quantitative estimate of drug-likeness (QED) is 0.706. The number of ether oxygens (including phenoxy) is 1. The van der Waals surface area contributed by atoms with Crippen LogP contribution in [-0.2, 0) is 0 Å². The Hall–Kier alpha value is -2.12. The van der Waals surface area contributed by atoms with Gasteiger partial charge in [0, 0.05) is 11.5 Å². The molecule has 1 fully saturated rings. The Morgan fingerprint density at radius 1 is 1.37 bits per heavy atom. The molecule has 4 rings (SSSR count). The molecule has 6 nitrogen and oxygen atoms in total. The van der Waals surface area contributed by atoms with Crippen molar-refractivity contribution >= 4 is 16.3 Å². The fraction of sp³-hybridized carbons (Fsp3) is 0.500. The highest BCUT2D eigenvalue weighted by atomic mass is 32.1. The molecule has 3 heterocycles. The number of aromatic nitrogens is 3. The van der Waals surface area contributed by atoms with E-state index < -0.39 is 0 Å². The van der Waals surface area contributed by atoms with Crippen LogP contribution < -0.4 is 9.64 Å². The van der Waals surface area contributed by atoms with Crippen molar-refractivity contribution in [1.29, 1.82) is 0 Å². The van der Waals surface area contributed by atoms with E-state index in [4.69, 9.17) is 4.74 Å². The topological polar surface area (TPSA) is 64.1 Å². The minimum atomic E-state index is 0.0808. The third-order valence-electron chi connectivity index (χ3n) is 5.31. The number of hydrogen-bond acceptors (Lipinski definition) is 5. The van der Waals surface area contributed by atoms with Crippen LogP contribution in [0.5, 0.6) is 11.6 Å². The third-order valence-corrected chi connectivity index (χ3v) is 6.39. The second-order valence-electron chi connectivity index (χ2n) is 7.44. The summed E-state index contributed by atoms with van der Waals surface area (Å²) in [6.45, 7) is 9.02. The molecule has 0 aliphatic carbocycles. The second-order valence-corrected chi connectivity index (χ2v) is 8.45. The van der Waals surface area contributed by atoms with E-state index in [1.807, 2.05) is 26.0 Å². The van der Waals surface area contributed by atoms with Crippen LogP contribution in [-0.4, -0.2) is 39.4 Å². The molecule has 1 aromatic carbocycles. The maximum atomic E-state index is 10.9. The number of aryl methyl sites for hydroxylation is 1. The van der Waals surface area contributed by atoms with Gasteiger partial charge >= 0.3 is 0 Å². The first-order valence-corrected chi connectivity index (χ1v) is 10.5. The van der Waals surface area contributed by atoms with Crippen LogP contribution in [0.3, 0.4) is 0 Å². The predicted octanol–water partition coefficient (Wildman–Crippen LogP) is 2.61. The number of piperidine rings is 1. The van der Waals surface area contributed by atoms with E-state index in [9.17, 15) is 5.11 Å². The molecule has 1 saturated heterocycles. The zero-order chi connectivity index (χ0) is 19.0. The van der Waals surface area contributed by atoms with Crippen LogP contribution in [0.15, 0.2) is 24.3 Å². The Morgan fingerprint density at radius 3 is 2.81 bits per heavy atom. The van der Waals surface area contributed by atoms with Crippen LogP contribution in [0.2, 0.25) is 0 Å². The van der Waals surface area contributed by atoms with E-state index in [-0.39, 0.29) is 11.9 Å². The number of hydrogen-bond donors (Lipinski definition) is 2. The predicted molar refractivity (Wildman–Crippen MR) is 106 cm³/mol. The van der Waals surface area contributed by atoms with Gasteiger partial charge in [0.2, 0.25) is 10.8 Å². The van der Waals surface area contributed by atoms with E-state index in [0.29, 0.717) is 18.3 Å². The zero-order valence-electron chi connectivity index (χ0n) is 16.1. The van der Waals surface area contributed by atoms with Gasteiger partial charge in [0.25, 0.3) is 0 Å². The maximum absolute atomic E-state index is 10.9. The van der Waals surface area contributed by atoms with Crippen LogP contribution in [0.4, 0.5) is 0 Å². The van der Waals surface area contributed by atoms with E-state index in [0.717, 1.165) is 28.7 Å². The number of thiazole rings is 1. The zero-order valence-corrected chi connectivity index (χ0v) is 16.9. The number of likely N-dealkylation sites (tertiary alicyclic amines) is 1. The van der Waals surface area contributed by atoms with Gasteiger partial charge in [0.1, 0.15) is 16.5 Å². The summed E-state index contributed by atoms with van der Waals surface area (Å²) < 4.78 is 7.18. The van der Waals surface area contributed by atoms with Gasteiger partial charge in [-0.25, -0.2) is 4.98 Å². The summed E-state index contributed by atoms with van der Waals surface area (Å²) >= 11 is 1.54. The molecule has 7 heteroatoms. The number of nitrogens with one attached hydrogen (secondary N) is 1. The lowest BCUT2D eigenvalue weighted by atomic mass is 9.95. The maximum Gasteiger partial charge on any atom is 0.235 e. The van der Waals surface area contributed by atoms with Gasteiger partial charge in [0.05, 0.1) is 19.7 Å². The van der Waals surface area contributed by atoms with Gasteiger partial charge in [-0.15, -0.1) is 5.10 Å². The molecule has 1 unspecified atom stereocenters. The van der Waals surface area contributed by atoms with Crippen molar-refractivity contribution < 1.29 is 14.7 Å². The van der Waals surface area contributed by atoms with Gasteiger partial charge in [-0.2, -0.15) is 4.52 Å². The van der Waals surface area contributed by atoms with E-state index in [1.54, 1.807) is 15.9 Å². The van der Waals surface area contributed by atoms with Crippen LogP contribution in [0.1, 0.15) is 49.0 Å². The number of rotatable bonds is 5. The molecular weight excluding hydrogens is 360 g/mol. The van der Waals surface area contributed by atoms with Gasteiger partial charge in [-0.05, 0) is 51.0 Å². The molecule has 0 spiro atoms. The van der Waals surface area contributed by atoms with Crippen molar-refractivity contribution in [1.82, 2.24) is 14.6 Å². The Bertz CT molecular complexity index is 918. The summed E-state index contributed by atoms with van der Waals surface area (Å²) in [5.41, 5.74) is 1.19. The molecule has 3 aromatic rings. The highest BCUT2D eigenvalue weighted by molar-refractivity contribution is 7.17. The van der Waals surface area contributed by atoms with Crippen molar-refractivity contribution in [2.45, 2.75) is 39.7 Å². The first kappa shape index (κ1) is 18.3. The average molecular weight is 388 g/mol. The lowest BCUT2D eigenvalue weighted by molar-refractivity contribution is -0.933. The van der Waals surface area contributed by atoms with Gasteiger partial charge in [-0.1, -0.05) is 18.3 Å². The van der Waals surface area contributed by atoms with Crippen molar-refractivity contribution in [2.75, 3.05) is 19.7 Å². The van der Waals surface area contributed by atoms with Crippen LogP contribution in [0, 0.1) is 12.8 Å². The number of nitrogens with zero attached hydrogens (tertiary/aromatic N) is 3. The van der Waals surface area contributed by atoms with E-state index in [2.05, 4.69) is 29.1 Å². The van der Waals surface area contributed by atoms with E-state index in [1.165, 1.54) is 23.3 Å². The highest BCUT2D eigenvalue weighted by Crippen LogP contribution is 2.35. The van der Waals surface area contributed by atoms with Crippen molar-refractivity contribution in [3.63, 3.8) is 0 Å². The fourth-order valence-corrected chi connectivity index (χ4v) is 5.31. The standard InChI is InChI=1S/C20H26N4O2S/c1-4-26-16-9-7-15(8-10-16)17(23-11-5-6-13(2)12-23)18-19(25)24-20(27-18)21-14(3)22-24/h7-10,13,17,25H,4-6,11-12H2,1-3H3/p+1/t13-,17-/m0/s1. The van der Waals surface area contributed by atoms with Gasteiger partial charge < -0.3 is 14.7 Å². The summed E-state index contributed by atoms with van der Waals surface area (Å²) in [7, 11) is 0. The Kier molecular flexibility index (Phi) is 5.06. The largest absolute Gasteiger partial charge is 0.494 e. The van der Waals surface area contributed by atoms with Gasteiger partial charge in [0.15, 0.2) is 6.04 Å². The first-order chi connectivity index (χ1) is 13.1. The molecule has 0 radical (unpaired) electrons. The minimum Gasteiger partial charge on any atom is -0.494 e. The lowest BCUT2D eigenvalue weighted by Gasteiger charge is -2.34. The SMILES string of the molecule is CCOc1ccc([C@@H](c2sc3nc(C)nn3c2O)[NH+]2CCC[C@H](C)C2)cc1. The average Bonchev–Trinajstić information content (AvgIpc) is 3.15. The Balaban J connectivity index is 1.77. The molecule has 0 saturated carbocycles. The second kappa shape index (κ2) is 7.48. The lowest BCUT2D eigenvalue weighted by Crippen LogP contribution is -3.13. The number of benzene rings is 1. The molecule has 2 N–H and O–H groups in total. The number of aromatic hydroxyl groups is 1. The van der Waals surface area contributed by atoms with Crippen molar-refractivity contribution in [3.8, 4) is 11.6 Å². The fourth-order valence-electron chi connectivity index (χ4n) is 4.12. The molecule has 27 heavy (non-hydrogen) atoms. The summed E-state index contributed by atoms with van der Waals surface area (Å²) in [5.74, 6) is 2.47. The summed E-state index contributed by atoms with van der Waals surface area (Å²) in [6.07, 6.45) is 2.49. The summed E-state index contributed by atoms with van der Waals surface area (Å²) in [6, 6.07) is 8.39. The van der Waals surface area contributed by atoms with Crippen molar-refractivity contribution in [3.05, 3.63) is 40.5 Å². The molecule has 0 bridgehead atoms. The summed E-state index contributed by atoms with van der Waals surface area (Å²) in [4.78, 5) is 7.64. The Labute approximate surface area is 163 Å².